The minimum atomic E-state index is -1.56. The summed E-state index contributed by atoms with van der Waals surface area (Å²) in [6.45, 7) is -0.654. The Balaban J connectivity index is 4.80. The minimum Gasteiger partial charge on any atom is -0.394 e. The Bertz CT molecular complexity index is 180. The topological polar surface area (TPSA) is 139 Å². The zero-order chi connectivity index (χ0) is 12.1. The van der Waals surface area contributed by atoms with Crippen LogP contribution < -0.4 is 11.1 Å². The fourth-order valence-corrected chi connectivity index (χ4v) is 1.12. The van der Waals surface area contributed by atoms with E-state index in [4.69, 9.17) is 26.2 Å². The molecular weight excluding hydrogens is 204 g/mol. The van der Waals surface area contributed by atoms with Gasteiger partial charge in [0.1, 0.15) is 11.8 Å². The Morgan fingerprint density at radius 3 is 1.67 bits per heavy atom. The summed E-state index contributed by atoms with van der Waals surface area (Å²) in [7, 11) is 0. The highest BCUT2D eigenvalue weighted by molar-refractivity contribution is 4.98. The zero-order valence-electron chi connectivity index (χ0n) is 8.72. The second-order valence-corrected chi connectivity index (χ2v) is 3.92. The molecule has 0 aromatic heterocycles. The van der Waals surface area contributed by atoms with Gasteiger partial charge in [-0.25, -0.2) is 0 Å². The Labute approximate surface area is 88.2 Å². The molecule has 0 aliphatic heterocycles. The molecule has 0 fully saturated rings. The predicted molar refractivity (Wildman–Crippen MR) is 52.8 cm³/mol. The Morgan fingerprint density at radius 1 is 1.07 bits per heavy atom. The van der Waals surface area contributed by atoms with Crippen LogP contribution in [0.1, 0.15) is 6.92 Å². The van der Waals surface area contributed by atoms with Crippen LogP contribution >= 0.6 is 0 Å². The van der Waals surface area contributed by atoms with Gasteiger partial charge in [-0.15, -0.1) is 0 Å². The first-order valence-electron chi connectivity index (χ1n) is 4.56. The first kappa shape index (κ1) is 14.7. The summed E-state index contributed by atoms with van der Waals surface area (Å²) in [5, 5.41) is 48.0. The van der Waals surface area contributed by atoms with Crippen LogP contribution in [0.15, 0.2) is 0 Å². The van der Waals surface area contributed by atoms with Gasteiger partial charge in [0.15, 0.2) is 0 Å². The summed E-state index contributed by atoms with van der Waals surface area (Å²) in [6, 6.07) is 0. The smallest absolute Gasteiger partial charge is 0.125 e. The van der Waals surface area contributed by atoms with E-state index in [1.54, 1.807) is 0 Å². The monoisotopic (exact) mass is 224 g/mol. The van der Waals surface area contributed by atoms with Gasteiger partial charge in [0.2, 0.25) is 0 Å². The van der Waals surface area contributed by atoms with Gasteiger partial charge in [-0.2, -0.15) is 0 Å². The summed E-state index contributed by atoms with van der Waals surface area (Å²) in [5.74, 6) is 0. The third kappa shape index (κ3) is 3.35. The maximum absolute atomic E-state index is 9.25. The quantitative estimate of drug-likeness (QED) is 0.221. The molecular formula is C8H20N2O5. The summed E-state index contributed by atoms with van der Waals surface area (Å²) < 4.78 is 0. The maximum atomic E-state index is 9.25. The molecule has 0 spiro atoms. The molecule has 7 nitrogen and oxygen atoms in total. The first-order chi connectivity index (χ1) is 6.89. The molecule has 1 unspecified atom stereocenters. The third-order valence-corrected chi connectivity index (χ3v) is 2.38. The van der Waals surface area contributed by atoms with E-state index in [2.05, 4.69) is 5.32 Å². The average Bonchev–Trinajstić information content (AvgIpc) is 2.25. The molecule has 0 aromatic rings. The zero-order valence-corrected chi connectivity index (χ0v) is 8.72. The lowest BCUT2D eigenvalue weighted by Gasteiger charge is -2.41. The van der Waals surface area contributed by atoms with Gasteiger partial charge in [-0.05, 0) is 6.92 Å². The molecule has 0 heterocycles. The maximum Gasteiger partial charge on any atom is 0.125 e. The molecule has 7 heteroatoms. The Morgan fingerprint density at radius 2 is 1.47 bits per heavy atom. The van der Waals surface area contributed by atoms with E-state index < -0.39 is 43.7 Å². The fraction of sp³-hybridized carbons (Fsp3) is 1.00. The van der Waals surface area contributed by atoms with Gasteiger partial charge in [0.25, 0.3) is 0 Å². The van der Waals surface area contributed by atoms with E-state index in [0.29, 0.717) is 0 Å². The van der Waals surface area contributed by atoms with Crippen LogP contribution in [0.25, 0.3) is 0 Å². The molecule has 0 amide bonds. The second kappa shape index (κ2) is 5.71. The van der Waals surface area contributed by atoms with Gasteiger partial charge in [-0.3, -0.25) is 5.32 Å². The first-order valence-corrected chi connectivity index (χ1v) is 4.56. The van der Waals surface area contributed by atoms with Crippen molar-refractivity contribution in [1.29, 1.82) is 0 Å². The van der Waals surface area contributed by atoms with Crippen LogP contribution in [-0.2, 0) is 0 Å². The van der Waals surface area contributed by atoms with E-state index in [1.807, 2.05) is 0 Å². The molecule has 0 radical (unpaired) electrons. The van der Waals surface area contributed by atoms with Gasteiger partial charge in [0, 0.05) is 0 Å². The number of aliphatic hydroxyl groups is 5. The SMILES string of the molecule is CC(CO)(CO)NC(CO)(CO)C(N)O. The van der Waals surface area contributed by atoms with Gasteiger partial charge in [-0.1, -0.05) is 0 Å². The van der Waals surface area contributed by atoms with Gasteiger partial charge >= 0.3 is 0 Å². The Hall–Kier alpha value is -0.280. The van der Waals surface area contributed by atoms with Crippen molar-refractivity contribution in [2.45, 2.75) is 24.2 Å². The normalized spacial score (nSPS) is 15.4. The van der Waals surface area contributed by atoms with Crippen molar-refractivity contribution >= 4 is 0 Å². The number of nitrogens with two attached hydrogens (primary N) is 1. The molecule has 0 bridgehead atoms. The van der Waals surface area contributed by atoms with Crippen LogP contribution in [0.5, 0.6) is 0 Å². The van der Waals surface area contributed by atoms with E-state index in [1.165, 1.54) is 6.92 Å². The van der Waals surface area contributed by atoms with Crippen LogP contribution in [0.2, 0.25) is 0 Å². The van der Waals surface area contributed by atoms with Crippen molar-refractivity contribution in [2.75, 3.05) is 26.4 Å². The van der Waals surface area contributed by atoms with Gasteiger partial charge < -0.3 is 31.3 Å². The summed E-state index contributed by atoms with van der Waals surface area (Å²) in [6.07, 6.45) is -1.52. The number of nitrogens with one attached hydrogen (secondary N) is 1. The lowest BCUT2D eigenvalue weighted by atomic mass is 9.93. The molecule has 1 atom stereocenters. The number of hydrogen-bond acceptors (Lipinski definition) is 7. The molecule has 0 saturated heterocycles. The summed E-state index contributed by atoms with van der Waals surface area (Å²) >= 11 is 0. The van der Waals surface area contributed by atoms with Crippen molar-refractivity contribution in [3.63, 3.8) is 0 Å². The highest BCUT2D eigenvalue weighted by atomic mass is 16.3. The minimum absolute atomic E-state index is 0.433. The number of aliphatic hydroxyl groups excluding tert-OH is 5. The molecule has 0 aliphatic rings. The predicted octanol–water partition coefficient (Wildman–Crippen LogP) is -3.68. The summed E-state index contributed by atoms with van der Waals surface area (Å²) in [5.41, 5.74) is 2.52. The van der Waals surface area contributed by atoms with Crippen molar-refractivity contribution in [3.8, 4) is 0 Å². The van der Waals surface area contributed by atoms with Gasteiger partial charge in [0.05, 0.1) is 32.0 Å². The second-order valence-electron chi connectivity index (χ2n) is 3.92. The van der Waals surface area contributed by atoms with Crippen LogP contribution in [0.4, 0.5) is 0 Å². The van der Waals surface area contributed by atoms with Crippen molar-refractivity contribution in [1.82, 2.24) is 5.32 Å². The van der Waals surface area contributed by atoms with Crippen LogP contribution in [0, 0.1) is 0 Å². The summed E-state index contributed by atoms with van der Waals surface area (Å²) in [4.78, 5) is 0. The molecule has 0 aromatic carbocycles. The molecule has 92 valence electrons. The van der Waals surface area contributed by atoms with E-state index in [-0.39, 0.29) is 0 Å². The third-order valence-electron chi connectivity index (χ3n) is 2.38. The van der Waals surface area contributed by atoms with Crippen LogP contribution in [-0.4, -0.2) is 69.3 Å². The van der Waals surface area contributed by atoms with Crippen molar-refractivity contribution in [3.05, 3.63) is 0 Å². The molecule has 15 heavy (non-hydrogen) atoms. The van der Waals surface area contributed by atoms with E-state index in [0.717, 1.165) is 0 Å². The largest absolute Gasteiger partial charge is 0.394 e. The Kier molecular flexibility index (Phi) is 5.60. The van der Waals surface area contributed by atoms with Crippen molar-refractivity contribution < 1.29 is 25.5 Å². The fourth-order valence-electron chi connectivity index (χ4n) is 1.12. The number of hydrogen-bond donors (Lipinski definition) is 7. The lowest BCUT2D eigenvalue weighted by molar-refractivity contribution is -0.0455. The molecule has 8 N–H and O–H groups in total. The lowest BCUT2D eigenvalue weighted by Crippen LogP contribution is -2.70. The average molecular weight is 224 g/mol. The van der Waals surface area contributed by atoms with E-state index >= 15 is 0 Å². The molecule has 0 aliphatic carbocycles. The highest BCUT2D eigenvalue weighted by Gasteiger charge is 2.40. The van der Waals surface area contributed by atoms with E-state index in [9.17, 15) is 5.11 Å². The molecule has 0 rings (SSSR count). The van der Waals surface area contributed by atoms with Crippen LogP contribution in [0.3, 0.4) is 0 Å². The van der Waals surface area contributed by atoms with Crippen molar-refractivity contribution in [2.24, 2.45) is 5.73 Å². The molecule has 0 saturated carbocycles. The number of rotatable bonds is 7. The standard InChI is InChI=1S/C8H20N2O5/c1-7(2-11,3-12)10-8(4-13,5-14)6(9)15/h6,10-15H,2-5,9H2,1H3. The highest BCUT2D eigenvalue weighted by Crippen LogP contribution is 2.13.